The second kappa shape index (κ2) is 5.86. The Labute approximate surface area is 93.9 Å². The van der Waals surface area contributed by atoms with Crippen LogP contribution in [0.25, 0.3) is 6.08 Å². The van der Waals surface area contributed by atoms with Crippen LogP contribution in [0, 0.1) is 0 Å². The van der Waals surface area contributed by atoms with Crippen molar-refractivity contribution in [2.45, 2.75) is 20.0 Å². The molecule has 1 aromatic carbocycles. The number of alkyl halides is 1. The predicted molar refractivity (Wildman–Crippen MR) is 65.0 cm³/mol. The molecule has 0 spiro atoms. The van der Waals surface area contributed by atoms with Crippen LogP contribution in [0.5, 0.6) is 5.75 Å². The molecule has 1 rings (SSSR count). The highest BCUT2D eigenvalue weighted by Crippen LogP contribution is 2.14. The van der Waals surface area contributed by atoms with Crippen molar-refractivity contribution < 1.29 is 4.74 Å². The minimum atomic E-state index is 0.235. The third kappa shape index (κ3) is 3.97. The Bertz CT molecular complexity index is 288. The van der Waals surface area contributed by atoms with Crippen LogP contribution in [-0.4, -0.2) is 11.4 Å². The number of allylic oxidation sites excluding steroid dienone is 1. The van der Waals surface area contributed by atoms with Gasteiger partial charge < -0.3 is 4.74 Å². The number of ether oxygens (including phenoxy) is 1. The summed E-state index contributed by atoms with van der Waals surface area (Å²) in [4.78, 5) is 0. The molecular weight excluding hydrogens is 240 g/mol. The molecule has 2 heteroatoms. The van der Waals surface area contributed by atoms with Crippen LogP contribution in [0.3, 0.4) is 0 Å². The summed E-state index contributed by atoms with van der Waals surface area (Å²) in [6.45, 7) is 4.05. The molecule has 0 heterocycles. The van der Waals surface area contributed by atoms with Gasteiger partial charge in [0.25, 0.3) is 0 Å². The summed E-state index contributed by atoms with van der Waals surface area (Å²) in [5.74, 6) is 0.927. The van der Waals surface area contributed by atoms with Crippen LogP contribution in [0.15, 0.2) is 30.3 Å². The third-order valence-electron chi connectivity index (χ3n) is 1.65. The molecule has 0 aliphatic carbocycles. The molecule has 0 unspecified atom stereocenters. The van der Waals surface area contributed by atoms with Crippen molar-refractivity contribution >= 4 is 22.0 Å². The molecule has 14 heavy (non-hydrogen) atoms. The van der Waals surface area contributed by atoms with Gasteiger partial charge in [-0.1, -0.05) is 40.2 Å². The highest BCUT2D eigenvalue weighted by Gasteiger charge is 1.95. The lowest BCUT2D eigenvalue weighted by molar-refractivity contribution is 0.242. The van der Waals surface area contributed by atoms with E-state index in [0.717, 1.165) is 11.1 Å². The first-order chi connectivity index (χ1) is 6.72. The summed E-state index contributed by atoms with van der Waals surface area (Å²) in [6, 6.07) is 8.09. The van der Waals surface area contributed by atoms with Gasteiger partial charge in [0.2, 0.25) is 0 Å². The first-order valence-corrected chi connectivity index (χ1v) is 5.83. The van der Waals surface area contributed by atoms with E-state index in [9.17, 15) is 0 Å². The predicted octanol–water partition coefficient (Wildman–Crippen LogP) is 3.88. The van der Waals surface area contributed by atoms with Crippen LogP contribution in [0.2, 0.25) is 0 Å². The number of hydrogen-bond donors (Lipinski definition) is 0. The van der Waals surface area contributed by atoms with Gasteiger partial charge in [0, 0.05) is 5.33 Å². The fourth-order valence-corrected chi connectivity index (χ4v) is 1.30. The Morgan fingerprint density at radius 3 is 2.43 bits per heavy atom. The Morgan fingerprint density at radius 2 is 1.93 bits per heavy atom. The average Bonchev–Trinajstić information content (AvgIpc) is 2.16. The lowest BCUT2D eigenvalue weighted by atomic mass is 10.2. The quantitative estimate of drug-likeness (QED) is 0.742. The lowest BCUT2D eigenvalue weighted by Gasteiger charge is -2.09. The molecule has 0 saturated carbocycles. The standard InChI is InChI=1S/C12H15BrO/c1-10(2)14-12-7-5-11(6-8-12)4-3-9-13/h3-8,10H,9H2,1-2H3. The van der Waals surface area contributed by atoms with Gasteiger partial charge in [-0.25, -0.2) is 0 Å². The zero-order chi connectivity index (χ0) is 10.4. The normalized spacial score (nSPS) is 11.1. The van der Waals surface area contributed by atoms with Crippen molar-refractivity contribution in [3.05, 3.63) is 35.9 Å². The van der Waals surface area contributed by atoms with Crippen LogP contribution < -0.4 is 4.74 Å². The number of halogens is 1. The van der Waals surface area contributed by atoms with E-state index < -0.39 is 0 Å². The van der Waals surface area contributed by atoms with E-state index in [2.05, 4.69) is 40.2 Å². The summed E-state index contributed by atoms with van der Waals surface area (Å²) in [7, 11) is 0. The molecule has 0 bridgehead atoms. The molecular formula is C12H15BrO. The molecule has 0 aliphatic rings. The van der Waals surface area contributed by atoms with Crippen molar-refractivity contribution in [1.29, 1.82) is 0 Å². The Kier molecular flexibility index (Phi) is 4.74. The smallest absolute Gasteiger partial charge is 0.119 e. The van der Waals surface area contributed by atoms with Gasteiger partial charge in [-0.3, -0.25) is 0 Å². The van der Waals surface area contributed by atoms with Gasteiger partial charge in [-0.2, -0.15) is 0 Å². The van der Waals surface area contributed by atoms with Gasteiger partial charge in [0.05, 0.1) is 6.10 Å². The van der Waals surface area contributed by atoms with E-state index >= 15 is 0 Å². The van der Waals surface area contributed by atoms with E-state index in [-0.39, 0.29) is 6.10 Å². The van der Waals surface area contributed by atoms with Crippen molar-refractivity contribution in [2.24, 2.45) is 0 Å². The van der Waals surface area contributed by atoms with Crippen molar-refractivity contribution in [2.75, 3.05) is 5.33 Å². The molecule has 0 fully saturated rings. The van der Waals surface area contributed by atoms with Crippen molar-refractivity contribution in [3.63, 3.8) is 0 Å². The molecule has 76 valence electrons. The summed E-state index contributed by atoms with van der Waals surface area (Å²) < 4.78 is 5.54. The van der Waals surface area contributed by atoms with Crippen LogP contribution in [0.4, 0.5) is 0 Å². The molecule has 0 amide bonds. The van der Waals surface area contributed by atoms with E-state index in [1.165, 1.54) is 5.56 Å². The maximum absolute atomic E-state index is 5.54. The maximum Gasteiger partial charge on any atom is 0.119 e. The zero-order valence-corrected chi connectivity index (χ0v) is 10.1. The topological polar surface area (TPSA) is 9.23 Å². The van der Waals surface area contributed by atoms with Gasteiger partial charge in [0.1, 0.15) is 5.75 Å². The summed E-state index contributed by atoms with van der Waals surface area (Å²) in [5.41, 5.74) is 1.19. The van der Waals surface area contributed by atoms with Gasteiger partial charge >= 0.3 is 0 Å². The molecule has 1 nitrogen and oxygen atoms in total. The minimum absolute atomic E-state index is 0.235. The Hall–Kier alpha value is -0.760. The van der Waals surface area contributed by atoms with E-state index in [4.69, 9.17) is 4.74 Å². The summed E-state index contributed by atoms with van der Waals surface area (Å²) in [6.07, 6.45) is 4.38. The molecule has 0 N–H and O–H groups in total. The first kappa shape index (κ1) is 11.3. The first-order valence-electron chi connectivity index (χ1n) is 4.71. The Balaban J connectivity index is 2.64. The minimum Gasteiger partial charge on any atom is -0.491 e. The monoisotopic (exact) mass is 254 g/mol. The molecule has 0 radical (unpaired) electrons. The van der Waals surface area contributed by atoms with Gasteiger partial charge in [0.15, 0.2) is 0 Å². The third-order valence-corrected chi connectivity index (χ3v) is 2.03. The maximum atomic E-state index is 5.54. The Morgan fingerprint density at radius 1 is 1.29 bits per heavy atom. The lowest BCUT2D eigenvalue weighted by Crippen LogP contribution is -2.05. The van der Waals surface area contributed by atoms with E-state index in [1.54, 1.807) is 0 Å². The van der Waals surface area contributed by atoms with Gasteiger partial charge in [-0.05, 0) is 31.5 Å². The van der Waals surface area contributed by atoms with Crippen LogP contribution >= 0.6 is 15.9 Å². The van der Waals surface area contributed by atoms with E-state index in [1.807, 2.05) is 26.0 Å². The SMILES string of the molecule is CC(C)Oc1ccc(C=CCBr)cc1. The fourth-order valence-electron chi connectivity index (χ4n) is 1.11. The zero-order valence-electron chi connectivity index (χ0n) is 8.53. The summed E-state index contributed by atoms with van der Waals surface area (Å²) >= 11 is 3.34. The number of rotatable bonds is 4. The second-order valence-electron chi connectivity index (χ2n) is 3.29. The highest BCUT2D eigenvalue weighted by atomic mass is 79.9. The molecule has 1 aromatic rings. The van der Waals surface area contributed by atoms with E-state index in [0.29, 0.717) is 0 Å². The molecule has 0 aliphatic heterocycles. The van der Waals surface area contributed by atoms with Crippen LogP contribution in [-0.2, 0) is 0 Å². The largest absolute Gasteiger partial charge is 0.491 e. The highest BCUT2D eigenvalue weighted by molar-refractivity contribution is 9.09. The average molecular weight is 255 g/mol. The molecule has 0 saturated heterocycles. The van der Waals surface area contributed by atoms with Crippen molar-refractivity contribution in [1.82, 2.24) is 0 Å². The van der Waals surface area contributed by atoms with Gasteiger partial charge in [-0.15, -0.1) is 0 Å². The van der Waals surface area contributed by atoms with Crippen molar-refractivity contribution in [3.8, 4) is 5.75 Å². The van der Waals surface area contributed by atoms with Crippen LogP contribution in [0.1, 0.15) is 19.4 Å². The fraction of sp³-hybridized carbons (Fsp3) is 0.333. The number of benzene rings is 1. The molecule has 0 atom stereocenters. The molecule has 0 aromatic heterocycles. The second-order valence-corrected chi connectivity index (χ2v) is 3.94. The number of hydrogen-bond acceptors (Lipinski definition) is 1. The summed E-state index contributed by atoms with van der Waals surface area (Å²) in [5, 5.41) is 0.886.